The van der Waals surface area contributed by atoms with E-state index in [2.05, 4.69) is 21.6 Å². The number of hydrogen-bond donors (Lipinski definition) is 1. The second-order valence-corrected chi connectivity index (χ2v) is 5.55. The minimum atomic E-state index is -4.49. The summed E-state index contributed by atoms with van der Waals surface area (Å²) in [6.45, 7) is 6.67. The molecule has 0 saturated carbocycles. The van der Waals surface area contributed by atoms with Gasteiger partial charge in [-0.1, -0.05) is 13.5 Å². The first kappa shape index (κ1) is 21.3. The van der Waals surface area contributed by atoms with E-state index in [1.807, 2.05) is 0 Å². The fraction of sp³-hybridized carbons (Fsp3) is 0.412. The lowest BCUT2D eigenvalue weighted by Gasteiger charge is -2.15. The van der Waals surface area contributed by atoms with E-state index in [9.17, 15) is 27.6 Å². The van der Waals surface area contributed by atoms with Crippen LogP contribution in [-0.4, -0.2) is 22.8 Å². The van der Waals surface area contributed by atoms with Crippen LogP contribution in [0, 0.1) is 0 Å². The molecule has 6 nitrogen and oxygen atoms in total. The molecule has 0 radical (unpaired) electrons. The largest absolute Gasteiger partial charge is 0.417 e. The van der Waals surface area contributed by atoms with Crippen LogP contribution in [0.2, 0.25) is 0 Å². The van der Waals surface area contributed by atoms with Crippen molar-refractivity contribution in [2.24, 2.45) is 0 Å². The number of ether oxygens (including phenoxy) is 1. The van der Waals surface area contributed by atoms with Crippen molar-refractivity contribution >= 4 is 17.8 Å². The van der Waals surface area contributed by atoms with Crippen LogP contribution in [0.15, 0.2) is 30.5 Å². The molecule has 0 saturated heterocycles. The molecule has 0 spiro atoms. The van der Waals surface area contributed by atoms with E-state index in [0.717, 1.165) is 12.1 Å². The van der Waals surface area contributed by atoms with Gasteiger partial charge in [0.2, 0.25) is 5.91 Å². The Bertz CT molecular complexity index is 684. The fourth-order valence-corrected chi connectivity index (χ4v) is 1.89. The van der Waals surface area contributed by atoms with Gasteiger partial charge in [-0.2, -0.15) is 13.2 Å². The van der Waals surface area contributed by atoms with Crippen LogP contribution in [0.5, 0.6) is 0 Å². The number of carbonyl (C=O) groups excluding carboxylic acids is 3. The van der Waals surface area contributed by atoms with Gasteiger partial charge in [-0.05, 0) is 25.5 Å². The van der Waals surface area contributed by atoms with Crippen molar-refractivity contribution in [3.05, 3.63) is 41.7 Å². The third-order valence-electron chi connectivity index (χ3n) is 3.26. The highest BCUT2D eigenvalue weighted by molar-refractivity contribution is 5.99. The fourth-order valence-electron chi connectivity index (χ4n) is 1.89. The van der Waals surface area contributed by atoms with E-state index >= 15 is 0 Å². The minimum Gasteiger partial charge on any atom is -0.390 e. The number of esters is 2. The average molecular weight is 372 g/mol. The molecule has 1 aromatic heterocycles. The molecule has 1 rings (SSSR count). The number of hydrogen-bond acceptors (Lipinski definition) is 5. The number of amides is 1. The molecule has 0 aliphatic heterocycles. The molecule has 26 heavy (non-hydrogen) atoms. The van der Waals surface area contributed by atoms with Gasteiger partial charge in [-0.25, -0.2) is 4.79 Å². The van der Waals surface area contributed by atoms with Gasteiger partial charge < -0.3 is 10.1 Å². The Labute approximate surface area is 148 Å². The summed E-state index contributed by atoms with van der Waals surface area (Å²) in [7, 11) is 0. The smallest absolute Gasteiger partial charge is 0.390 e. The molecular formula is C17H19F3N2O4. The molecule has 1 N–H and O–H groups in total. The molecule has 1 unspecified atom stereocenters. The van der Waals surface area contributed by atoms with Crippen LogP contribution < -0.4 is 5.32 Å². The van der Waals surface area contributed by atoms with Crippen molar-refractivity contribution in [1.29, 1.82) is 0 Å². The summed E-state index contributed by atoms with van der Waals surface area (Å²) in [4.78, 5) is 38.4. The Kier molecular flexibility index (Phi) is 7.48. The van der Waals surface area contributed by atoms with Gasteiger partial charge in [-0.3, -0.25) is 14.6 Å². The number of pyridine rings is 1. The highest BCUT2D eigenvalue weighted by Crippen LogP contribution is 2.28. The van der Waals surface area contributed by atoms with Crippen LogP contribution in [-0.2, 0) is 25.3 Å². The molecule has 0 bridgehead atoms. The number of nitrogens with one attached hydrogen (secondary N) is 1. The molecule has 9 heteroatoms. The predicted octanol–water partition coefficient (Wildman–Crippen LogP) is 3.09. The molecule has 1 atom stereocenters. The molecule has 0 fully saturated rings. The summed E-state index contributed by atoms with van der Waals surface area (Å²) in [5, 5.41) is 2.48. The molecule has 0 aromatic carbocycles. The molecular weight excluding hydrogens is 353 g/mol. The molecule has 1 heterocycles. The highest BCUT2D eigenvalue weighted by Gasteiger charge is 2.30. The van der Waals surface area contributed by atoms with Gasteiger partial charge in [0.25, 0.3) is 0 Å². The Morgan fingerprint density at radius 2 is 1.96 bits per heavy atom. The Hall–Kier alpha value is -2.71. The first-order chi connectivity index (χ1) is 12.0. The van der Waals surface area contributed by atoms with Crippen LogP contribution in [0.1, 0.15) is 50.4 Å². The SMILES string of the molecule is C=C(CC(=O)NC(C)c1ccc(C(F)(F)F)cn1)C(=O)OC(=O)CCC. The van der Waals surface area contributed by atoms with E-state index in [0.29, 0.717) is 12.6 Å². The number of aromatic nitrogens is 1. The van der Waals surface area contributed by atoms with Gasteiger partial charge in [0.1, 0.15) is 0 Å². The van der Waals surface area contributed by atoms with Crippen molar-refractivity contribution in [3.63, 3.8) is 0 Å². The van der Waals surface area contributed by atoms with E-state index < -0.39 is 42.0 Å². The maximum Gasteiger partial charge on any atom is 0.417 e. The van der Waals surface area contributed by atoms with Gasteiger partial charge in [-0.15, -0.1) is 0 Å². The number of halogens is 3. The lowest BCUT2D eigenvalue weighted by molar-refractivity contribution is -0.157. The van der Waals surface area contributed by atoms with E-state index in [4.69, 9.17) is 0 Å². The average Bonchev–Trinajstić information content (AvgIpc) is 2.54. The van der Waals surface area contributed by atoms with Crippen molar-refractivity contribution < 1.29 is 32.3 Å². The van der Waals surface area contributed by atoms with Gasteiger partial charge in [0.05, 0.1) is 23.7 Å². The molecule has 1 aromatic rings. The van der Waals surface area contributed by atoms with Crippen molar-refractivity contribution in [3.8, 4) is 0 Å². The molecule has 0 aliphatic rings. The third kappa shape index (κ3) is 6.66. The summed E-state index contributed by atoms with van der Waals surface area (Å²) in [6, 6.07) is 1.33. The summed E-state index contributed by atoms with van der Waals surface area (Å²) >= 11 is 0. The normalized spacial score (nSPS) is 12.2. The quantitative estimate of drug-likeness (QED) is 0.452. The Morgan fingerprint density at radius 1 is 1.31 bits per heavy atom. The number of rotatable bonds is 7. The van der Waals surface area contributed by atoms with Crippen molar-refractivity contribution in [2.75, 3.05) is 0 Å². The first-order valence-electron chi connectivity index (χ1n) is 7.79. The van der Waals surface area contributed by atoms with E-state index in [-0.39, 0.29) is 17.7 Å². The lowest BCUT2D eigenvalue weighted by Crippen LogP contribution is -2.28. The second-order valence-electron chi connectivity index (χ2n) is 5.55. The highest BCUT2D eigenvalue weighted by atomic mass is 19.4. The minimum absolute atomic E-state index is 0.0713. The number of alkyl halides is 3. The second kappa shape index (κ2) is 9.12. The van der Waals surface area contributed by atoms with E-state index in [1.165, 1.54) is 6.92 Å². The zero-order chi connectivity index (χ0) is 19.9. The van der Waals surface area contributed by atoms with Crippen LogP contribution in [0.3, 0.4) is 0 Å². The maximum absolute atomic E-state index is 12.5. The van der Waals surface area contributed by atoms with Gasteiger partial charge in [0.15, 0.2) is 0 Å². The predicted molar refractivity (Wildman–Crippen MR) is 85.6 cm³/mol. The molecule has 0 aliphatic carbocycles. The Morgan fingerprint density at radius 3 is 2.46 bits per heavy atom. The first-order valence-corrected chi connectivity index (χ1v) is 7.79. The van der Waals surface area contributed by atoms with Crippen molar-refractivity contribution in [2.45, 2.75) is 45.3 Å². The summed E-state index contributed by atoms with van der Waals surface area (Å²) in [5.41, 5.74) is -0.884. The summed E-state index contributed by atoms with van der Waals surface area (Å²) < 4.78 is 42.0. The summed E-state index contributed by atoms with van der Waals surface area (Å²) in [5.74, 6) is -2.30. The third-order valence-corrected chi connectivity index (χ3v) is 3.26. The van der Waals surface area contributed by atoms with Gasteiger partial charge in [0, 0.05) is 18.2 Å². The molecule has 1 amide bonds. The monoisotopic (exact) mass is 372 g/mol. The lowest BCUT2D eigenvalue weighted by atomic mass is 10.1. The summed E-state index contributed by atoms with van der Waals surface area (Å²) in [6.07, 6.45) is -3.65. The zero-order valence-corrected chi connectivity index (χ0v) is 14.4. The van der Waals surface area contributed by atoms with Crippen LogP contribution >= 0.6 is 0 Å². The Balaban J connectivity index is 2.57. The maximum atomic E-state index is 12.5. The standard InChI is InChI=1S/C17H19F3N2O4/c1-4-5-15(24)26-16(25)10(2)8-14(23)22-11(3)13-7-6-12(9-21-13)17(18,19)20/h6-7,9,11H,2,4-5,8H2,1,3H3,(H,22,23). The van der Waals surface area contributed by atoms with Crippen LogP contribution in [0.25, 0.3) is 0 Å². The van der Waals surface area contributed by atoms with Crippen molar-refractivity contribution in [1.82, 2.24) is 10.3 Å². The topological polar surface area (TPSA) is 85.4 Å². The zero-order valence-electron chi connectivity index (χ0n) is 14.4. The van der Waals surface area contributed by atoms with Crippen LogP contribution in [0.4, 0.5) is 13.2 Å². The number of nitrogens with zero attached hydrogens (tertiary/aromatic N) is 1. The number of carbonyl (C=O) groups is 3. The van der Waals surface area contributed by atoms with Gasteiger partial charge >= 0.3 is 18.1 Å². The van der Waals surface area contributed by atoms with E-state index in [1.54, 1.807) is 6.92 Å². The molecule has 142 valence electrons.